The Morgan fingerprint density at radius 2 is 2.12 bits per heavy atom. The van der Waals surface area contributed by atoms with Crippen molar-refractivity contribution in [2.24, 2.45) is 0 Å². The lowest BCUT2D eigenvalue weighted by Gasteiger charge is -2.14. The van der Waals surface area contributed by atoms with E-state index < -0.39 is 4.92 Å². The second-order valence-electron chi connectivity index (χ2n) is 4.28. The molecule has 6 nitrogen and oxygen atoms in total. The maximum atomic E-state index is 11.4. The van der Waals surface area contributed by atoms with Crippen molar-refractivity contribution in [3.8, 4) is 0 Å². The third kappa shape index (κ3) is 1.60. The zero-order valence-corrected chi connectivity index (χ0v) is 9.27. The van der Waals surface area contributed by atoms with Crippen LogP contribution < -0.4 is 0 Å². The molecule has 0 spiro atoms. The van der Waals surface area contributed by atoms with Crippen LogP contribution in [0.25, 0.3) is 0 Å². The number of nitrogens with zero attached hydrogens (tertiary/aromatic N) is 3. The predicted octanol–water partition coefficient (Wildman–Crippen LogP) is 1.43. The Morgan fingerprint density at radius 3 is 2.69 bits per heavy atom. The highest BCUT2D eigenvalue weighted by atomic mass is 16.6. The first-order valence-electron chi connectivity index (χ1n) is 5.26. The van der Waals surface area contributed by atoms with Gasteiger partial charge < -0.3 is 10.1 Å². The molecule has 0 saturated heterocycles. The Morgan fingerprint density at radius 1 is 1.44 bits per heavy atom. The van der Waals surface area contributed by atoms with Crippen molar-refractivity contribution in [1.82, 2.24) is 9.55 Å². The van der Waals surface area contributed by atoms with Crippen LogP contribution in [0, 0.1) is 10.1 Å². The third-order valence-corrected chi connectivity index (χ3v) is 2.75. The quantitative estimate of drug-likeness (QED) is 0.561. The van der Waals surface area contributed by atoms with E-state index in [4.69, 9.17) is 0 Å². The maximum absolute atomic E-state index is 11.4. The number of hydrogen-bond donors (Lipinski definition) is 0. The molecule has 0 fully saturated rings. The maximum Gasteiger partial charge on any atom is 0.385 e. The van der Waals surface area contributed by atoms with Gasteiger partial charge in [-0.15, -0.1) is 0 Å². The highest BCUT2D eigenvalue weighted by Gasteiger charge is 2.32. The summed E-state index contributed by atoms with van der Waals surface area (Å²) >= 11 is 0. The van der Waals surface area contributed by atoms with Crippen LogP contribution in [0.1, 0.15) is 37.7 Å². The fraction of sp³-hybridized carbons (Fsp3) is 0.600. The fourth-order valence-corrected chi connectivity index (χ4v) is 2.02. The molecule has 2 heterocycles. The third-order valence-electron chi connectivity index (χ3n) is 2.75. The summed E-state index contributed by atoms with van der Waals surface area (Å²) < 4.78 is 1.70. The van der Waals surface area contributed by atoms with Crippen LogP contribution >= 0.6 is 0 Å². The van der Waals surface area contributed by atoms with Crippen molar-refractivity contribution in [2.45, 2.75) is 39.2 Å². The van der Waals surface area contributed by atoms with Gasteiger partial charge in [0, 0.05) is 18.8 Å². The summed E-state index contributed by atoms with van der Waals surface area (Å²) in [4.78, 5) is 25.8. The summed E-state index contributed by atoms with van der Waals surface area (Å²) in [7, 11) is 0. The van der Waals surface area contributed by atoms with Crippen LogP contribution in [0.5, 0.6) is 0 Å². The van der Waals surface area contributed by atoms with Crippen LogP contribution in [-0.4, -0.2) is 20.3 Å². The Balaban J connectivity index is 2.57. The Hall–Kier alpha value is -1.72. The van der Waals surface area contributed by atoms with E-state index >= 15 is 0 Å². The van der Waals surface area contributed by atoms with Gasteiger partial charge in [-0.1, -0.05) is 13.8 Å². The molecular weight excluding hydrogens is 210 g/mol. The second-order valence-corrected chi connectivity index (χ2v) is 4.28. The summed E-state index contributed by atoms with van der Waals surface area (Å²) in [5, 5.41) is 10.8. The highest BCUT2D eigenvalue weighted by Crippen LogP contribution is 2.28. The molecule has 0 unspecified atom stereocenters. The summed E-state index contributed by atoms with van der Waals surface area (Å²) in [6.07, 6.45) is 0.804. The minimum atomic E-state index is -0.465. The number of rotatable bonds is 2. The van der Waals surface area contributed by atoms with Crippen LogP contribution in [0.15, 0.2) is 0 Å². The van der Waals surface area contributed by atoms with E-state index in [1.54, 1.807) is 4.57 Å². The topological polar surface area (TPSA) is 78.0 Å². The van der Waals surface area contributed by atoms with Gasteiger partial charge in [0.05, 0.1) is 6.54 Å². The molecule has 0 aromatic carbocycles. The predicted molar refractivity (Wildman–Crippen MR) is 56.3 cm³/mol. The molecule has 86 valence electrons. The Kier molecular flexibility index (Phi) is 2.49. The van der Waals surface area contributed by atoms with E-state index in [0.717, 1.165) is 0 Å². The summed E-state index contributed by atoms with van der Waals surface area (Å²) in [6.45, 7) is 4.06. The molecule has 0 N–H and O–H groups in total. The van der Waals surface area contributed by atoms with Crippen molar-refractivity contribution in [1.29, 1.82) is 0 Å². The largest absolute Gasteiger partial charge is 0.385 e. The number of carbonyl (C=O) groups is 1. The van der Waals surface area contributed by atoms with Crippen molar-refractivity contribution >= 4 is 11.6 Å². The molecule has 0 bridgehead atoms. The van der Waals surface area contributed by atoms with Gasteiger partial charge in [-0.3, -0.25) is 9.36 Å². The van der Waals surface area contributed by atoms with E-state index in [9.17, 15) is 14.9 Å². The van der Waals surface area contributed by atoms with E-state index in [1.807, 2.05) is 13.8 Å². The van der Waals surface area contributed by atoms with Crippen molar-refractivity contribution in [3.05, 3.63) is 21.6 Å². The smallest absolute Gasteiger partial charge is 0.358 e. The van der Waals surface area contributed by atoms with Crippen LogP contribution in [0.3, 0.4) is 0 Å². The zero-order valence-electron chi connectivity index (χ0n) is 9.27. The number of fused-ring (bicyclic) bond motifs is 1. The van der Waals surface area contributed by atoms with E-state index in [0.29, 0.717) is 24.4 Å². The van der Waals surface area contributed by atoms with Gasteiger partial charge in [-0.25, -0.2) is 0 Å². The molecule has 16 heavy (non-hydrogen) atoms. The molecule has 1 aliphatic rings. The first kappa shape index (κ1) is 10.8. The average molecular weight is 223 g/mol. The number of imidazole rings is 1. The van der Waals surface area contributed by atoms with E-state index in [1.165, 1.54) is 0 Å². The molecule has 1 aliphatic heterocycles. The minimum Gasteiger partial charge on any atom is -0.358 e. The van der Waals surface area contributed by atoms with Crippen molar-refractivity contribution in [2.75, 3.05) is 0 Å². The number of nitro groups is 1. The van der Waals surface area contributed by atoms with Gasteiger partial charge in [0.15, 0.2) is 5.78 Å². The van der Waals surface area contributed by atoms with Gasteiger partial charge >= 0.3 is 5.82 Å². The monoisotopic (exact) mass is 223 g/mol. The summed E-state index contributed by atoms with van der Waals surface area (Å²) in [5.74, 6) is 0.742. The minimum absolute atomic E-state index is 0.0818. The molecule has 1 aromatic heterocycles. The van der Waals surface area contributed by atoms with Crippen LogP contribution in [0.4, 0.5) is 5.82 Å². The van der Waals surface area contributed by atoms with Gasteiger partial charge in [0.2, 0.25) is 5.82 Å². The zero-order chi connectivity index (χ0) is 11.9. The summed E-state index contributed by atoms with van der Waals surface area (Å²) in [5.41, 5.74) is 0.591. The standard InChI is InChI=1S/C10H13N3O3/c1-6(2)9-11-10(13(15)16)8-4-3-7(14)5-12(8)9/h6H,3-5H2,1-2H3. The molecule has 0 radical (unpaired) electrons. The Labute approximate surface area is 92.4 Å². The van der Waals surface area contributed by atoms with Crippen LogP contribution in [0.2, 0.25) is 0 Å². The number of Topliss-reactive ketones (excluding diaryl/α,β-unsaturated/α-hetero) is 1. The molecule has 1 aromatic rings. The lowest BCUT2D eigenvalue weighted by Crippen LogP contribution is -2.21. The molecule has 0 amide bonds. The van der Waals surface area contributed by atoms with Gasteiger partial charge in [-0.05, 0) is 9.91 Å². The van der Waals surface area contributed by atoms with Crippen molar-refractivity contribution < 1.29 is 9.72 Å². The lowest BCUT2D eigenvalue weighted by atomic mass is 10.1. The highest BCUT2D eigenvalue weighted by molar-refractivity contribution is 5.80. The molecule has 6 heteroatoms. The summed E-state index contributed by atoms with van der Waals surface area (Å²) in [6, 6.07) is 0. The number of ketones is 1. The SMILES string of the molecule is CC(C)c1nc([N+](=O)[O-])c2n1CC(=O)CC2. The number of carbonyl (C=O) groups excluding carboxylic acids is 1. The number of aromatic nitrogens is 2. The van der Waals surface area contributed by atoms with E-state index in [-0.39, 0.29) is 24.1 Å². The molecular formula is C10H13N3O3. The fourth-order valence-electron chi connectivity index (χ4n) is 2.02. The first-order valence-corrected chi connectivity index (χ1v) is 5.26. The van der Waals surface area contributed by atoms with Crippen LogP contribution in [-0.2, 0) is 17.8 Å². The van der Waals surface area contributed by atoms with Gasteiger partial charge in [-0.2, -0.15) is 0 Å². The lowest BCUT2D eigenvalue weighted by molar-refractivity contribution is -0.390. The first-order chi connectivity index (χ1) is 7.50. The van der Waals surface area contributed by atoms with E-state index in [2.05, 4.69) is 4.98 Å². The van der Waals surface area contributed by atoms with Crippen molar-refractivity contribution in [3.63, 3.8) is 0 Å². The van der Waals surface area contributed by atoms with Gasteiger partial charge in [0.1, 0.15) is 5.69 Å². The average Bonchev–Trinajstić information content (AvgIpc) is 2.56. The molecule has 0 saturated carbocycles. The molecule has 2 rings (SSSR count). The van der Waals surface area contributed by atoms with Gasteiger partial charge in [0.25, 0.3) is 0 Å². The number of hydrogen-bond acceptors (Lipinski definition) is 4. The second kappa shape index (κ2) is 3.70. The normalized spacial score (nSPS) is 15.3. The Bertz CT molecular complexity index is 462. The molecule has 0 atom stereocenters. The molecule has 0 aliphatic carbocycles.